The van der Waals surface area contributed by atoms with Crippen molar-refractivity contribution in [1.82, 2.24) is 10.3 Å². The van der Waals surface area contributed by atoms with Crippen molar-refractivity contribution < 1.29 is 14.4 Å². The van der Waals surface area contributed by atoms with Gasteiger partial charge in [0.25, 0.3) is 0 Å². The molecule has 0 aliphatic carbocycles. The lowest BCUT2D eigenvalue weighted by molar-refractivity contribution is -0.130. The standard InChI is InChI=1S/C18H22N4O3S/c1-12(17(19)24)22(15-10-26-11-21-15)18(25)14(9-16(23)20-2)8-13-6-4-3-5-7-13/h3-7,10-12,14H,8-9H2,1-2H3,(H2,19,24)(H,20,23)/t12-,14?/m1/s1. The Morgan fingerprint density at radius 2 is 1.96 bits per heavy atom. The highest BCUT2D eigenvalue weighted by atomic mass is 32.1. The molecule has 2 aromatic rings. The van der Waals surface area contributed by atoms with Gasteiger partial charge < -0.3 is 11.1 Å². The average molecular weight is 374 g/mol. The molecule has 0 spiro atoms. The predicted molar refractivity (Wildman–Crippen MR) is 101 cm³/mol. The van der Waals surface area contributed by atoms with Crippen LogP contribution in [0.25, 0.3) is 0 Å². The number of rotatable bonds is 8. The van der Waals surface area contributed by atoms with Gasteiger partial charge >= 0.3 is 0 Å². The molecule has 1 heterocycles. The van der Waals surface area contributed by atoms with Crippen molar-refractivity contribution >= 4 is 34.9 Å². The molecule has 8 heteroatoms. The summed E-state index contributed by atoms with van der Waals surface area (Å²) in [5.74, 6) is -1.51. The number of carbonyl (C=O) groups is 3. The summed E-state index contributed by atoms with van der Waals surface area (Å²) in [6.07, 6.45) is 0.384. The second-order valence-electron chi connectivity index (χ2n) is 5.90. The maximum absolute atomic E-state index is 13.2. The highest BCUT2D eigenvalue weighted by Gasteiger charge is 2.33. The average Bonchev–Trinajstić information content (AvgIpc) is 3.16. The fourth-order valence-corrected chi connectivity index (χ4v) is 3.15. The molecule has 0 aliphatic heterocycles. The van der Waals surface area contributed by atoms with Crippen LogP contribution in [0.3, 0.4) is 0 Å². The summed E-state index contributed by atoms with van der Waals surface area (Å²) in [6, 6.07) is 8.56. The summed E-state index contributed by atoms with van der Waals surface area (Å²) in [4.78, 5) is 42.3. The van der Waals surface area contributed by atoms with Crippen LogP contribution in [-0.2, 0) is 20.8 Å². The van der Waals surface area contributed by atoms with E-state index in [1.165, 1.54) is 23.3 Å². The second-order valence-corrected chi connectivity index (χ2v) is 6.62. The van der Waals surface area contributed by atoms with Crippen LogP contribution in [0.2, 0.25) is 0 Å². The zero-order valence-corrected chi connectivity index (χ0v) is 15.5. The normalized spacial score (nSPS) is 12.8. The van der Waals surface area contributed by atoms with Crippen molar-refractivity contribution in [1.29, 1.82) is 0 Å². The molecule has 2 rings (SSSR count). The van der Waals surface area contributed by atoms with Crippen LogP contribution >= 0.6 is 11.3 Å². The summed E-state index contributed by atoms with van der Waals surface area (Å²) < 4.78 is 0. The molecular formula is C18H22N4O3S. The molecule has 3 amide bonds. The minimum Gasteiger partial charge on any atom is -0.368 e. The van der Waals surface area contributed by atoms with Gasteiger partial charge in [-0.1, -0.05) is 30.3 Å². The van der Waals surface area contributed by atoms with E-state index in [1.54, 1.807) is 17.8 Å². The Bertz CT molecular complexity index is 749. The molecule has 7 nitrogen and oxygen atoms in total. The van der Waals surface area contributed by atoms with E-state index in [-0.39, 0.29) is 18.2 Å². The first kappa shape index (κ1) is 19.6. The van der Waals surface area contributed by atoms with Gasteiger partial charge in [-0.3, -0.25) is 19.3 Å². The molecule has 0 fully saturated rings. The lowest BCUT2D eigenvalue weighted by atomic mass is 9.93. The van der Waals surface area contributed by atoms with Gasteiger partial charge in [-0.2, -0.15) is 0 Å². The van der Waals surface area contributed by atoms with Crippen molar-refractivity contribution in [2.45, 2.75) is 25.8 Å². The van der Waals surface area contributed by atoms with Crippen LogP contribution in [0.5, 0.6) is 0 Å². The smallest absolute Gasteiger partial charge is 0.240 e. The van der Waals surface area contributed by atoms with Crippen LogP contribution in [0.4, 0.5) is 5.82 Å². The molecule has 1 aromatic carbocycles. The number of nitrogens with two attached hydrogens (primary N) is 1. The maximum Gasteiger partial charge on any atom is 0.240 e. The van der Waals surface area contributed by atoms with Crippen LogP contribution in [0.1, 0.15) is 18.9 Å². The first-order valence-corrected chi connectivity index (χ1v) is 9.13. The number of hydrogen-bond acceptors (Lipinski definition) is 5. The lowest BCUT2D eigenvalue weighted by Crippen LogP contribution is -2.49. The number of carbonyl (C=O) groups excluding carboxylic acids is 3. The highest BCUT2D eigenvalue weighted by molar-refractivity contribution is 7.07. The van der Waals surface area contributed by atoms with Gasteiger partial charge in [0.2, 0.25) is 17.7 Å². The fraction of sp³-hybridized carbons (Fsp3) is 0.333. The van der Waals surface area contributed by atoms with Gasteiger partial charge in [-0.25, -0.2) is 4.98 Å². The largest absolute Gasteiger partial charge is 0.368 e. The Kier molecular flexibility index (Phi) is 6.85. The third-order valence-corrected chi connectivity index (χ3v) is 4.66. The van der Waals surface area contributed by atoms with Crippen LogP contribution in [0, 0.1) is 5.92 Å². The van der Waals surface area contributed by atoms with E-state index in [0.29, 0.717) is 12.2 Å². The molecule has 0 saturated heterocycles. The zero-order chi connectivity index (χ0) is 19.1. The molecule has 138 valence electrons. The van der Waals surface area contributed by atoms with E-state index >= 15 is 0 Å². The minimum absolute atomic E-state index is 0.0103. The Labute approximate surface area is 156 Å². The first-order valence-electron chi connectivity index (χ1n) is 8.19. The van der Waals surface area contributed by atoms with E-state index in [1.807, 2.05) is 30.3 Å². The van der Waals surface area contributed by atoms with Gasteiger partial charge in [0, 0.05) is 18.8 Å². The van der Waals surface area contributed by atoms with Crippen LogP contribution in [-0.4, -0.2) is 35.8 Å². The molecule has 26 heavy (non-hydrogen) atoms. The van der Waals surface area contributed by atoms with E-state index in [0.717, 1.165) is 5.56 Å². The lowest BCUT2D eigenvalue weighted by Gasteiger charge is -2.29. The summed E-state index contributed by atoms with van der Waals surface area (Å²) in [5, 5.41) is 4.22. The van der Waals surface area contributed by atoms with E-state index < -0.39 is 17.9 Å². The zero-order valence-electron chi connectivity index (χ0n) is 14.7. The van der Waals surface area contributed by atoms with Crippen LogP contribution < -0.4 is 16.0 Å². The number of anilines is 1. The van der Waals surface area contributed by atoms with E-state index in [4.69, 9.17) is 5.73 Å². The Morgan fingerprint density at radius 1 is 1.27 bits per heavy atom. The number of primary amides is 1. The first-order chi connectivity index (χ1) is 12.4. The topological polar surface area (TPSA) is 105 Å². The number of hydrogen-bond donors (Lipinski definition) is 2. The van der Waals surface area contributed by atoms with Crippen molar-refractivity contribution in [2.24, 2.45) is 11.7 Å². The van der Waals surface area contributed by atoms with E-state index in [2.05, 4.69) is 10.3 Å². The summed E-state index contributed by atoms with van der Waals surface area (Å²) in [5.41, 5.74) is 7.93. The molecule has 1 aromatic heterocycles. The van der Waals surface area contributed by atoms with Crippen molar-refractivity contribution in [3.05, 3.63) is 46.8 Å². The van der Waals surface area contributed by atoms with Gasteiger partial charge in [0.1, 0.15) is 11.9 Å². The predicted octanol–water partition coefficient (Wildman–Crippen LogP) is 1.34. The third kappa shape index (κ3) is 4.89. The Hall–Kier alpha value is -2.74. The summed E-state index contributed by atoms with van der Waals surface area (Å²) >= 11 is 1.31. The van der Waals surface area contributed by atoms with Gasteiger partial charge in [-0.15, -0.1) is 11.3 Å². The highest BCUT2D eigenvalue weighted by Crippen LogP contribution is 2.23. The van der Waals surface area contributed by atoms with Gasteiger partial charge in [-0.05, 0) is 18.9 Å². The van der Waals surface area contributed by atoms with Crippen molar-refractivity contribution in [3.8, 4) is 0 Å². The number of aromatic nitrogens is 1. The molecular weight excluding hydrogens is 352 g/mol. The Balaban J connectivity index is 2.34. The van der Waals surface area contributed by atoms with Gasteiger partial charge in [0.05, 0.1) is 11.4 Å². The van der Waals surface area contributed by atoms with Crippen molar-refractivity contribution in [3.63, 3.8) is 0 Å². The van der Waals surface area contributed by atoms with E-state index in [9.17, 15) is 14.4 Å². The molecule has 3 N–H and O–H groups in total. The number of amides is 3. The number of nitrogens with one attached hydrogen (secondary N) is 1. The molecule has 2 atom stereocenters. The molecule has 1 unspecified atom stereocenters. The summed E-state index contributed by atoms with van der Waals surface area (Å²) in [7, 11) is 1.52. The fourth-order valence-electron chi connectivity index (χ4n) is 2.62. The van der Waals surface area contributed by atoms with Crippen molar-refractivity contribution in [2.75, 3.05) is 11.9 Å². The third-order valence-electron chi connectivity index (χ3n) is 4.09. The number of benzene rings is 1. The molecule has 0 saturated carbocycles. The maximum atomic E-state index is 13.2. The minimum atomic E-state index is -0.868. The molecule has 0 aliphatic rings. The van der Waals surface area contributed by atoms with Gasteiger partial charge in [0.15, 0.2) is 0 Å². The Morgan fingerprint density at radius 3 is 2.50 bits per heavy atom. The van der Waals surface area contributed by atoms with Crippen LogP contribution in [0.15, 0.2) is 41.2 Å². The summed E-state index contributed by atoms with van der Waals surface area (Å²) in [6.45, 7) is 1.55. The molecule has 0 bridgehead atoms. The quantitative estimate of drug-likeness (QED) is 0.727. The SMILES string of the molecule is CNC(=O)CC(Cc1ccccc1)C(=O)N(c1cscn1)[C@H](C)C(N)=O. The monoisotopic (exact) mass is 374 g/mol. The number of nitrogens with zero attached hydrogens (tertiary/aromatic N) is 2. The number of thiazole rings is 1. The second kappa shape index (κ2) is 9.10. The molecule has 0 radical (unpaired) electrons.